The third-order valence-electron chi connectivity index (χ3n) is 4.76. The summed E-state index contributed by atoms with van der Waals surface area (Å²) in [6, 6.07) is 1.90. The van der Waals surface area contributed by atoms with Crippen LogP contribution in [-0.4, -0.2) is 54.4 Å². The first kappa shape index (κ1) is 16.6. The number of aromatic nitrogens is 5. The zero-order chi connectivity index (χ0) is 18.1. The van der Waals surface area contributed by atoms with E-state index < -0.39 is 0 Å². The molecule has 1 aliphatic rings. The number of carbonyl (C=O) groups excluding carboxylic acids is 1. The normalized spacial score (nSPS) is 18.1. The van der Waals surface area contributed by atoms with Crippen LogP contribution in [0.15, 0.2) is 30.9 Å². The Bertz CT molecular complexity index is 931. The average molecular weight is 354 g/mol. The summed E-state index contributed by atoms with van der Waals surface area (Å²) in [5.74, 6) is 0.700. The summed E-state index contributed by atoms with van der Waals surface area (Å²) in [6.45, 7) is 3.13. The number of rotatable bonds is 3. The second-order valence-corrected chi connectivity index (χ2v) is 6.67. The Labute approximate surface area is 151 Å². The maximum absolute atomic E-state index is 11.6. The summed E-state index contributed by atoms with van der Waals surface area (Å²) in [6.07, 6.45) is 9.99. The number of hydrogen-bond donors (Lipinski definition) is 0. The van der Waals surface area contributed by atoms with Crippen LogP contribution >= 0.6 is 0 Å². The smallest absolute Gasteiger partial charge is 0.240 e. The highest BCUT2D eigenvalue weighted by molar-refractivity contribution is 5.73. The molecule has 0 saturated carbocycles. The predicted octanol–water partition coefficient (Wildman–Crippen LogP) is 1.91. The van der Waals surface area contributed by atoms with Crippen LogP contribution in [0.5, 0.6) is 5.88 Å². The first-order chi connectivity index (χ1) is 12.6. The molecule has 8 heteroatoms. The van der Waals surface area contributed by atoms with Crippen molar-refractivity contribution in [2.45, 2.75) is 32.3 Å². The fourth-order valence-corrected chi connectivity index (χ4v) is 3.33. The lowest BCUT2D eigenvalue weighted by atomic mass is 10.1. The Morgan fingerprint density at radius 3 is 2.88 bits per heavy atom. The van der Waals surface area contributed by atoms with E-state index in [1.54, 1.807) is 28.5 Å². The predicted molar refractivity (Wildman–Crippen MR) is 95.7 cm³/mol. The van der Waals surface area contributed by atoms with Crippen molar-refractivity contribution in [2.75, 3.05) is 13.1 Å². The number of fused-ring (bicyclic) bond motifs is 1. The van der Waals surface area contributed by atoms with Gasteiger partial charge < -0.3 is 9.64 Å². The number of nitrogens with zero attached hydrogens (tertiary/aromatic N) is 6. The monoisotopic (exact) mass is 354 g/mol. The fraction of sp³-hybridized carbons (Fsp3) is 0.444. The summed E-state index contributed by atoms with van der Waals surface area (Å²) in [5, 5.41) is 8.55. The van der Waals surface area contributed by atoms with Gasteiger partial charge in [-0.1, -0.05) is 0 Å². The van der Waals surface area contributed by atoms with Crippen LogP contribution in [0.25, 0.3) is 16.8 Å². The summed E-state index contributed by atoms with van der Waals surface area (Å²) in [4.78, 5) is 18.2. The van der Waals surface area contributed by atoms with Crippen LogP contribution in [0.2, 0.25) is 0 Å². The molecule has 1 aliphatic heterocycles. The minimum absolute atomic E-state index is 0.0368. The molecule has 3 aromatic heterocycles. The van der Waals surface area contributed by atoms with Gasteiger partial charge in [-0.05, 0) is 18.9 Å². The first-order valence-electron chi connectivity index (χ1n) is 8.86. The van der Waals surface area contributed by atoms with Gasteiger partial charge in [0.2, 0.25) is 11.8 Å². The number of likely N-dealkylation sites (tertiary alicyclic amines) is 1. The molecular weight excluding hydrogens is 332 g/mol. The van der Waals surface area contributed by atoms with Crippen molar-refractivity contribution < 1.29 is 9.53 Å². The van der Waals surface area contributed by atoms with Gasteiger partial charge >= 0.3 is 0 Å². The van der Waals surface area contributed by atoms with Gasteiger partial charge in [0.1, 0.15) is 11.6 Å². The van der Waals surface area contributed by atoms with Crippen molar-refractivity contribution in [3.05, 3.63) is 30.9 Å². The van der Waals surface area contributed by atoms with Gasteiger partial charge in [0.05, 0.1) is 24.3 Å². The van der Waals surface area contributed by atoms with Crippen LogP contribution in [-0.2, 0) is 11.8 Å². The van der Waals surface area contributed by atoms with Gasteiger partial charge in [-0.15, -0.1) is 0 Å². The largest absolute Gasteiger partial charge is 0.473 e. The van der Waals surface area contributed by atoms with Crippen molar-refractivity contribution in [2.24, 2.45) is 7.05 Å². The van der Waals surface area contributed by atoms with Gasteiger partial charge in [-0.2, -0.15) is 10.2 Å². The molecule has 1 amide bonds. The summed E-state index contributed by atoms with van der Waals surface area (Å²) < 4.78 is 9.79. The highest BCUT2D eigenvalue weighted by atomic mass is 16.5. The van der Waals surface area contributed by atoms with E-state index in [2.05, 4.69) is 10.2 Å². The molecule has 26 heavy (non-hydrogen) atoms. The maximum Gasteiger partial charge on any atom is 0.240 e. The molecule has 0 unspecified atom stereocenters. The third-order valence-corrected chi connectivity index (χ3v) is 4.76. The molecule has 0 aliphatic carbocycles. The standard InChI is InChI=1S/C18H22N6O2/c1-13(25)23-8-3-4-15(6-9-23)26-18-17-5-7-19-24(17)12-16(21-18)14-10-20-22(2)11-14/h5,7,10-12,15H,3-4,6,8-9H2,1-2H3/t15-/m1/s1. The van der Waals surface area contributed by atoms with Crippen LogP contribution in [0.4, 0.5) is 0 Å². The van der Waals surface area contributed by atoms with Gasteiger partial charge in [0, 0.05) is 45.2 Å². The topological polar surface area (TPSA) is 77.6 Å². The van der Waals surface area contributed by atoms with E-state index in [-0.39, 0.29) is 12.0 Å². The van der Waals surface area contributed by atoms with E-state index in [0.717, 1.165) is 49.1 Å². The quantitative estimate of drug-likeness (QED) is 0.718. The van der Waals surface area contributed by atoms with E-state index in [0.29, 0.717) is 5.88 Å². The van der Waals surface area contributed by atoms with Gasteiger partial charge in [-0.25, -0.2) is 9.50 Å². The lowest BCUT2D eigenvalue weighted by molar-refractivity contribution is -0.128. The highest BCUT2D eigenvalue weighted by Crippen LogP contribution is 2.26. The number of aryl methyl sites for hydroxylation is 1. The minimum Gasteiger partial charge on any atom is -0.473 e. The van der Waals surface area contributed by atoms with Crippen LogP contribution < -0.4 is 4.74 Å². The average Bonchev–Trinajstić information content (AvgIpc) is 3.19. The molecule has 0 N–H and O–H groups in total. The second-order valence-electron chi connectivity index (χ2n) is 6.67. The molecule has 4 heterocycles. The molecule has 136 valence electrons. The molecule has 3 aromatic rings. The molecule has 1 fully saturated rings. The molecule has 1 saturated heterocycles. The molecule has 4 rings (SSSR count). The summed E-state index contributed by atoms with van der Waals surface area (Å²) in [7, 11) is 1.87. The summed E-state index contributed by atoms with van der Waals surface area (Å²) in [5.41, 5.74) is 2.52. The Morgan fingerprint density at radius 2 is 2.12 bits per heavy atom. The van der Waals surface area contributed by atoms with Crippen LogP contribution in [0.3, 0.4) is 0 Å². The fourth-order valence-electron chi connectivity index (χ4n) is 3.33. The van der Waals surface area contributed by atoms with Gasteiger partial charge in [-0.3, -0.25) is 9.48 Å². The Balaban J connectivity index is 1.61. The third kappa shape index (κ3) is 3.26. The molecule has 0 spiro atoms. The van der Waals surface area contributed by atoms with Crippen molar-refractivity contribution in [1.29, 1.82) is 0 Å². The van der Waals surface area contributed by atoms with Crippen molar-refractivity contribution in [3.8, 4) is 17.1 Å². The highest BCUT2D eigenvalue weighted by Gasteiger charge is 2.21. The van der Waals surface area contributed by atoms with E-state index in [1.807, 2.05) is 30.4 Å². The van der Waals surface area contributed by atoms with E-state index >= 15 is 0 Å². The van der Waals surface area contributed by atoms with E-state index in [4.69, 9.17) is 9.72 Å². The SMILES string of the molecule is CC(=O)N1CCC[C@@H](Oc2nc(-c3cnn(C)c3)cn3nccc23)CC1. The van der Waals surface area contributed by atoms with Crippen LogP contribution in [0, 0.1) is 0 Å². The van der Waals surface area contributed by atoms with Crippen molar-refractivity contribution in [3.63, 3.8) is 0 Å². The lowest BCUT2D eigenvalue weighted by Gasteiger charge is -2.19. The lowest BCUT2D eigenvalue weighted by Crippen LogP contribution is -2.30. The number of hydrogen-bond acceptors (Lipinski definition) is 5. The second kappa shape index (κ2) is 6.78. The van der Waals surface area contributed by atoms with Gasteiger partial charge in [0.25, 0.3) is 0 Å². The molecular formula is C18H22N6O2. The minimum atomic E-state index is 0.0368. The molecule has 8 nitrogen and oxygen atoms in total. The molecule has 0 aromatic carbocycles. The zero-order valence-corrected chi connectivity index (χ0v) is 15.0. The Hall–Kier alpha value is -2.90. The number of amides is 1. The van der Waals surface area contributed by atoms with Crippen molar-refractivity contribution >= 4 is 11.4 Å². The van der Waals surface area contributed by atoms with Gasteiger partial charge in [0.15, 0.2) is 0 Å². The Morgan fingerprint density at radius 1 is 1.23 bits per heavy atom. The maximum atomic E-state index is 11.6. The summed E-state index contributed by atoms with van der Waals surface area (Å²) >= 11 is 0. The number of ether oxygens (including phenoxy) is 1. The van der Waals surface area contributed by atoms with E-state index in [1.165, 1.54) is 0 Å². The molecule has 0 bridgehead atoms. The van der Waals surface area contributed by atoms with E-state index in [9.17, 15) is 4.79 Å². The molecule has 1 atom stereocenters. The molecule has 0 radical (unpaired) electrons. The number of carbonyl (C=O) groups is 1. The van der Waals surface area contributed by atoms with Crippen LogP contribution in [0.1, 0.15) is 26.2 Å². The zero-order valence-electron chi connectivity index (χ0n) is 15.0. The Kier molecular flexibility index (Phi) is 4.32. The van der Waals surface area contributed by atoms with Crippen molar-refractivity contribution in [1.82, 2.24) is 29.3 Å². The first-order valence-corrected chi connectivity index (χ1v) is 8.86.